The van der Waals surface area contributed by atoms with Crippen LogP contribution in [0.4, 0.5) is 0 Å². The summed E-state index contributed by atoms with van der Waals surface area (Å²) in [5.74, 6) is 0.256. The van der Waals surface area contributed by atoms with Crippen LogP contribution in [0.1, 0.15) is 97.8 Å². The Hall–Kier alpha value is -0.490. The molecule has 0 aromatic rings. The van der Waals surface area contributed by atoms with Gasteiger partial charge in [-0.3, -0.25) is 4.79 Å². The van der Waals surface area contributed by atoms with Crippen LogP contribution in [0.25, 0.3) is 0 Å². The monoisotopic (exact) mass is 398 g/mol. The fraction of sp³-hybridized carbons (Fsp3) is 0.957. The predicted molar refractivity (Wildman–Crippen MR) is 123 cm³/mol. The number of ketones is 1. The molecule has 0 bridgehead atoms. The summed E-state index contributed by atoms with van der Waals surface area (Å²) < 4.78 is 0. The van der Waals surface area contributed by atoms with Crippen molar-refractivity contribution in [3.05, 3.63) is 0 Å². The highest BCUT2D eigenvalue weighted by molar-refractivity contribution is 5.83. The van der Waals surface area contributed by atoms with E-state index < -0.39 is 0 Å². The molecule has 0 saturated heterocycles. The summed E-state index contributed by atoms with van der Waals surface area (Å²) in [5.41, 5.74) is 11.8. The molecule has 0 fully saturated rings. The van der Waals surface area contributed by atoms with Gasteiger partial charge in [0.05, 0.1) is 6.04 Å². The molecule has 0 aromatic heterocycles. The van der Waals surface area contributed by atoms with E-state index in [9.17, 15) is 4.79 Å². The van der Waals surface area contributed by atoms with Gasteiger partial charge in [0.2, 0.25) is 0 Å². The second-order valence-corrected chi connectivity index (χ2v) is 9.42. The average molecular weight is 399 g/mol. The minimum atomic E-state index is -0.255. The van der Waals surface area contributed by atoms with E-state index in [4.69, 9.17) is 11.5 Å². The van der Waals surface area contributed by atoms with Gasteiger partial charge in [-0.15, -0.1) is 0 Å². The normalized spacial score (nSPS) is 13.0. The molecule has 1 atom stereocenters. The molecule has 0 heterocycles. The summed E-state index contributed by atoms with van der Waals surface area (Å²) in [6.07, 6.45) is 13.2. The van der Waals surface area contributed by atoms with Crippen LogP contribution in [0.5, 0.6) is 0 Å². The van der Waals surface area contributed by atoms with Gasteiger partial charge < -0.3 is 22.1 Å². The zero-order valence-electron chi connectivity index (χ0n) is 19.2. The third-order valence-electron chi connectivity index (χ3n) is 5.02. The van der Waals surface area contributed by atoms with Gasteiger partial charge in [0.15, 0.2) is 0 Å². The zero-order chi connectivity index (χ0) is 21.1. The molecule has 0 rings (SSSR count). The molecule has 0 aromatic carbocycles. The topological polar surface area (TPSA) is 93.2 Å². The molecule has 0 spiro atoms. The van der Waals surface area contributed by atoms with Crippen LogP contribution in [0.3, 0.4) is 0 Å². The van der Waals surface area contributed by atoms with Crippen LogP contribution in [-0.4, -0.2) is 44.5 Å². The highest BCUT2D eigenvalue weighted by Crippen LogP contribution is 2.11. The van der Waals surface area contributed by atoms with E-state index in [0.29, 0.717) is 11.8 Å². The Bertz CT molecular complexity index is 355. The van der Waals surface area contributed by atoms with Crippen molar-refractivity contribution in [1.82, 2.24) is 10.6 Å². The Labute approximate surface area is 175 Å². The molecule has 6 N–H and O–H groups in total. The van der Waals surface area contributed by atoms with Crippen molar-refractivity contribution in [1.29, 1.82) is 0 Å². The van der Waals surface area contributed by atoms with Gasteiger partial charge in [0, 0.05) is 6.42 Å². The first-order valence-electron chi connectivity index (χ1n) is 11.8. The summed E-state index contributed by atoms with van der Waals surface area (Å²) in [6.45, 7) is 11.7. The predicted octanol–water partition coefficient (Wildman–Crippen LogP) is 3.75. The standard InChI is InChI=1S/C23H50N4O/c1-23(2,3)20-27-18-12-10-14-21(25)22(28)15-9-7-5-4-6-8-11-17-26-19-13-16-24/h21,26-27H,4-20,24-25H2,1-3H3/t21-/m0/s1. The third kappa shape index (κ3) is 20.2. The average Bonchev–Trinajstić information content (AvgIpc) is 2.64. The largest absolute Gasteiger partial charge is 0.330 e. The highest BCUT2D eigenvalue weighted by Gasteiger charge is 2.13. The molecular formula is C23H50N4O. The maximum Gasteiger partial charge on any atom is 0.149 e. The lowest BCUT2D eigenvalue weighted by Gasteiger charge is -2.18. The number of rotatable bonds is 20. The van der Waals surface area contributed by atoms with Gasteiger partial charge >= 0.3 is 0 Å². The smallest absolute Gasteiger partial charge is 0.149 e. The van der Waals surface area contributed by atoms with E-state index in [1.807, 2.05) is 0 Å². The van der Waals surface area contributed by atoms with Crippen LogP contribution in [-0.2, 0) is 4.79 Å². The SMILES string of the molecule is CC(C)(C)CNCCCC[C@H](N)C(=O)CCCCCCCCCNCCCN. The van der Waals surface area contributed by atoms with Gasteiger partial charge in [-0.2, -0.15) is 0 Å². The van der Waals surface area contributed by atoms with Gasteiger partial charge in [-0.1, -0.05) is 59.3 Å². The van der Waals surface area contributed by atoms with E-state index in [-0.39, 0.29) is 11.8 Å². The zero-order valence-corrected chi connectivity index (χ0v) is 19.2. The molecule has 0 unspecified atom stereocenters. The molecule has 5 nitrogen and oxygen atoms in total. The number of nitrogens with two attached hydrogens (primary N) is 2. The lowest BCUT2D eigenvalue weighted by atomic mass is 9.97. The van der Waals surface area contributed by atoms with Gasteiger partial charge in [0.1, 0.15) is 5.78 Å². The number of hydrogen-bond donors (Lipinski definition) is 4. The van der Waals surface area contributed by atoms with E-state index in [0.717, 1.165) is 71.2 Å². The van der Waals surface area contributed by atoms with Crippen LogP contribution in [0.2, 0.25) is 0 Å². The van der Waals surface area contributed by atoms with Crippen molar-refractivity contribution < 1.29 is 4.79 Å². The van der Waals surface area contributed by atoms with Crippen molar-refractivity contribution in [2.45, 2.75) is 104 Å². The van der Waals surface area contributed by atoms with E-state index >= 15 is 0 Å². The first-order chi connectivity index (χ1) is 13.4. The van der Waals surface area contributed by atoms with E-state index in [2.05, 4.69) is 31.4 Å². The molecule has 168 valence electrons. The van der Waals surface area contributed by atoms with Gasteiger partial charge in [-0.25, -0.2) is 0 Å². The van der Waals surface area contributed by atoms with Crippen molar-refractivity contribution in [3.8, 4) is 0 Å². The first-order valence-corrected chi connectivity index (χ1v) is 11.8. The van der Waals surface area contributed by atoms with Crippen molar-refractivity contribution in [2.24, 2.45) is 16.9 Å². The number of carbonyl (C=O) groups excluding carboxylic acids is 1. The molecule has 0 aliphatic carbocycles. The van der Waals surface area contributed by atoms with Crippen LogP contribution in [0, 0.1) is 5.41 Å². The Morgan fingerprint density at radius 3 is 1.96 bits per heavy atom. The summed E-state index contributed by atoms with van der Waals surface area (Å²) in [5, 5.41) is 6.89. The van der Waals surface area contributed by atoms with E-state index in [1.165, 1.54) is 32.1 Å². The number of carbonyl (C=O) groups is 1. The maximum absolute atomic E-state index is 12.1. The highest BCUT2D eigenvalue weighted by atomic mass is 16.1. The van der Waals surface area contributed by atoms with E-state index in [1.54, 1.807) is 0 Å². The summed E-state index contributed by atoms with van der Waals surface area (Å²) in [4.78, 5) is 12.1. The molecule has 5 heteroatoms. The number of unbranched alkanes of at least 4 members (excludes halogenated alkanes) is 7. The lowest BCUT2D eigenvalue weighted by Crippen LogP contribution is -2.31. The first kappa shape index (κ1) is 27.5. The molecular weight excluding hydrogens is 348 g/mol. The second kappa shape index (κ2) is 18.5. The molecule has 28 heavy (non-hydrogen) atoms. The minimum Gasteiger partial charge on any atom is -0.330 e. The lowest BCUT2D eigenvalue weighted by molar-refractivity contribution is -0.120. The Balaban J connectivity index is 3.37. The van der Waals surface area contributed by atoms with Crippen molar-refractivity contribution in [3.63, 3.8) is 0 Å². The minimum absolute atomic E-state index is 0.255. The van der Waals surface area contributed by atoms with Crippen LogP contribution >= 0.6 is 0 Å². The fourth-order valence-electron chi connectivity index (χ4n) is 3.21. The molecule has 0 aliphatic heterocycles. The molecule has 0 radical (unpaired) electrons. The van der Waals surface area contributed by atoms with Crippen molar-refractivity contribution in [2.75, 3.05) is 32.7 Å². The van der Waals surface area contributed by atoms with Gasteiger partial charge in [0.25, 0.3) is 0 Å². The molecule has 0 amide bonds. The Morgan fingerprint density at radius 1 is 0.786 bits per heavy atom. The summed E-state index contributed by atoms with van der Waals surface area (Å²) in [7, 11) is 0. The fourth-order valence-corrected chi connectivity index (χ4v) is 3.21. The quantitative estimate of drug-likeness (QED) is 0.234. The molecule has 0 aliphatic rings. The van der Waals surface area contributed by atoms with Crippen molar-refractivity contribution >= 4 is 5.78 Å². The number of Topliss-reactive ketones (excluding diaryl/α,β-unsaturated/α-hetero) is 1. The summed E-state index contributed by atoms with van der Waals surface area (Å²) in [6, 6.07) is -0.255. The Morgan fingerprint density at radius 2 is 1.32 bits per heavy atom. The second-order valence-electron chi connectivity index (χ2n) is 9.42. The number of hydrogen-bond acceptors (Lipinski definition) is 5. The van der Waals surface area contributed by atoms with Crippen LogP contribution in [0.15, 0.2) is 0 Å². The van der Waals surface area contributed by atoms with Crippen LogP contribution < -0.4 is 22.1 Å². The molecule has 0 saturated carbocycles. The Kier molecular flexibility index (Phi) is 18.2. The third-order valence-corrected chi connectivity index (χ3v) is 5.02. The van der Waals surface area contributed by atoms with Gasteiger partial charge in [-0.05, 0) is 70.2 Å². The maximum atomic E-state index is 12.1. The number of nitrogens with one attached hydrogen (secondary N) is 2. The summed E-state index contributed by atoms with van der Waals surface area (Å²) >= 11 is 0.